The summed E-state index contributed by atoms with van der Waals surface area (Å²) in [6.45, 7) is 0. The Hall–Kier alpha value is -2.09. The van der Waals surface area contributed by atoms with Gasteiger partial charge in [0.25, 0.3) is 0 Å². The summed E-state index contributed by atoms with van der Waals surface area (Å²) < 4.78 is 9.04. The number of terminal acetylenes is 1. The zero-order chi connectivity index (χ0) is 14.7. The molecule has 0 unspecified atom stereocenters. The molecule has 0 saturated heterocycles. The summed E-state index contributed by atoms with van der Waals surface area (Å²) in [5.41, 5.74) is 0. The summed E-state index contributed by atoms with van der Waals surface area (Å²) in [4.78, 5) is 33.5. The first-order valence-electron chi connectivity index (χ1n) is 5.86. The van der Waals surface area contributed by atoms with Crippen LogP contribution in [-0.4, -0.2) is 31.9 Å². The van der Waals surface area contributed by atoms with Crippen molar-refractivity contribution in [2.75, 3.05) is 14.2 Å². The highest BCUT2D eigenvalue weighted by Crippen LogP contribution is 2.09. The molecule has 19 heavy (non-hydrogen) atoms. The van der Waals surface area contributed by atoms with E-state index in [4.69, 9.17) is 6.42 Å². The van der Waals surface area contributed by atoms with Gasteiger partial charge in [0.05, 0.1) is 14.2 Å². The fraction of sp³-hybridized carbons (Fsp3) is 0.500. The number of hydrogen-bond acceptors (Lipinski definition) is 5. The predicted octanol–water partition coefficient (Wildman–Crippen LogP) is 1.27. The van der Waals surface area contributed by atoms with Crippen molar-refractivity contribution in [1.82, 2.24) is 0 Å². The third-order valence-electron chi connectivity index (χ3n) is 2.45. The van der Waals surface area contributed by atoms with Gasteiger partial charge in [0.1, 0.15) is 0 Å². The topological polar surface area (TPSA) is 69.7 Å². The molecule has 0 aliphatic carbocycles. The number of unbranched alkanes of at least 4 members (excludes halogenated alkanes) is 1. The Morgan fingerprint density at radius 1 is 1.16 bits per heavy atom. The Bertz CT molecular complexity index is 373. The van der Waals surface area contributed by atoms with Gasteiger partial charge in [0, 0.05) is 6.42 Å². The molecule has 0 aromatic carbocycles. The second-order valence-corrected chi connectivity index (χ2v) is 3.77. The average molecular weight is 266 g/mol. The van der Waals surface area contributed by atoms with Crippen molar-refractivity contribution in [2.24, 2.45) is 5.92 Å². The van der Waals surface area contributed by atoms with Gasteiger partial charge in [-0.15, -0.1) is 6.42 Å². The second-order valence-electron chi connectivity index (χ2n) is 3.77. The van der Waals surface area contributed by atoms with Gasteiger partial charge in [-0.1, -0.05) is 12.2 Å². The van der Waals surface area contributed by atoms with Crippen molar-refractivity contribution < 1.29 is 23.9 Å². The van der Waals surface area contributed by atoms with E-state index in [0.29, 0.717) is 19.3 Å². The van der Waals surface area contributed by atoms with Gasteiger partial charge in [-0.05, 0) is 25.2 Å². The van der Waals surface area contributed by atoms with E-state index >= 15 is 0 Å². The molecule has 0 radical (unpaired) electrons. The second kappa shape index (κ2) is 9.89. The van der Waals surface area contributed by atoms with E-state index in [1.165, 1.54) is 14.2 Å². The number of Topliss-reactive ketones (excluding diaryl/α,β-unsaturated/α-hetero) is 1. The maximum atomic E-state index is 11.3. The van der Waals surface area contributed by atoms with Gasteiger partial charge in [-0.25, -0.2) is 0 Å². The molecule has 0 bridgehead atoms. The molecule has 0 atom stereocenters. The van der Waals surface area contributed by atoms with Gasteiger partial charge >= 0.3 is 11.9 Å². The summed E-state index contributed by atoms with van der Waals surface area (Å²) in [6, 6.07) is 0. The lowest BCUT2D eigenvalue weighted by Crippen LogP contribution is -2.25. The standard InChI is InChI=1S/C14H18O5/c1-4-11(15)9-7-5-6-8-10-12(13(16)18-2)14(17)19-3/h1,6,8,12H,5,7,9-10H2,2-3H3/b8-6-. The third-order valence-corrected chi connectivity index (χ3v) is 2.45. The maximum absolute atomic E-state index is 11.3. The lowest BCUT2D eigenvalue weighted by molar-refractivity contribution is -0.158. The Balaban J connectivity index is 4.12. The summed E-state index contributed by atoms with van der Waals surface area (Å²) >= 11 is 0. The summed E-state index contributed by atoms with van der Waals surface area (Å²) in [7, 11) is 2.43. The molecule has 104 valence electrons. The van der Waals surface area contributed by atoms with Crippen LogP contribution in [0.1, 0.15) is 25.7 Å². The molecule has 0 spiro atoms. The lowest BCUT2D eigenvalue weighted by Gasteiger charge is -2.09. The van der Waals surface area contributed by atoms with E-state index < -0.39 is 17.9 Å². The van der Waals surface area contributed by atoms with Crippen LogP contribution < -0.4 is 0 Å². The van der Waals surface area contributed by atoms with E-state index in [-0.39, 0.29) is 12.2 Å². The summed E-state index contributed by atoms with van der Waals surface area (Å²) in [6.07, 6.45) is 10.3. The Morgan fingerprint density at radius 3 is 2.21 bits per heavy atom. The molecule has 0 heterocycles. The fourth-order valence-electron chi connectivity index (χ4n) is 1.38. The van der Waals surface area contributed by atoms with Crippen molar-refractivity contribution >= 4 is 17.7 Å². The van der Waals surface area contributed by atoms with Crippen LogP contribution in [0.4, 0.5) is 0 Å². The maximum Gasteiger partial charge on any atom is 0.320 e. The number of rotatable bonds is 8. The van der Waals surface area contributed by atoms with E-state index in [1.807, 2.05) is 5.92 Å². The Kier molecular flexibility index (Phi) is 8.80. The average Bonchev–Trinajstić information content (AvgIpc) is 2.44. The highest BCUT2D eigenvalue weighted by molar-refractivity contribution is 5.95. The van der Waals surface area contributed by atoms with Crippen molar-refractivity contribution in [2.45, 2.75) is 25.7 Å². The summed E-state index contributed by atoms with van der Waals surface area (Å²) in [5, 5.41) is 0. The Morgan fingerprint density at radius 2 is 1.74 bits per heavy atom. The number of ether oxygens (including phenoxy) is 2. The van der Waals surface area contributed by atoms with E-state index in [1.54, 1.807) is 12.2 Å². The first-order valence-corrected chi connectivity index (χ1v) is 5.86. The Labute approximate surface area is 113 Å². The minimum absolute atomic E-state index is 0.211. The van der Waals surface area contributed by atoms with Crippen molar-refractivity contribution in [1.29, 1.82) is 0 Å². The zero-order valence-electron chi connectivity index (χ0n) is 11.2. The van der Waals surface area contributed by atoms with Crippen LogP contribution in [0.2, 0.25) is 0 Å². The number of carbonyl (C=O) groups excluding carboxylic acids is 3. The number of esters is 2. The van der Waals surface area contributed by atoms with Crippen molar-refractivity contribution in [3.63, 3.8) is 0 Å². The molecule has 0 amide bonds. The molecule has 0 N–H and O–H groups in total. The van der Waals surface area contributed by atoms with E-state index in [0.717, 1.165) is 0 Å². The molecule has 0 rings (SSSR count). The minimum Gasteiger partial charge on any atom is -0.468 e. The molecule has 0 aromatic heterocycles. The first kappa shape index (κ1) is 16.9. The first-order chi connectivity index (χ1) is 9.06. The molecule has 0 aromatic rings. The number of methoxy groups -OCH3 is 2. The van der Waals surface area contributed by atoms with Gasteiger partial charge in [0.2, 0.25) is 5.78 Å². The predicted molar refractivity (Wildman–Crippen MR) is 69.0 cm³/mol. The molecule has 5 heteroatoms. The highest BCUT2D eigenvalue weighted by Gasteiger charge is 2.26. The smallest absolute Gasteiger partial charge is 0.320 e. The third kappa shape index (κ3) is 7.04. The quantitative estimate of drug-likeness (QED) is 0.165. The van der Waals surface area contributed by atoms with Gasteiger partial charge in [-0.3, -0.25) is 14.4 Å². The van der Waals surface area contributed by atoms with Gasteiger partial charge < -0.3 is 9.47 Å². The minimum atomic E-state index is -0.946. The van der Waals surface area contributed by atoms with Crippen LogP contribution in [0.5, 0.6) is 0 Å². The van der Waals surface area contributed by atoms with Crippen LogP contribution in [-0.2, 0) is 23.9 Å². The van der Waals surface area contributed by atoms with Crippen LogP contribution in [0.3, 0.4) is 0 Å². The molecule has 0 aliphatic heterocycles. The van der Waals surface area contributed by atoms with E-state index in [9.17, 15) is 14.4 Å². The number of carbonyl (C=O) groups is 3. The molecule has 0 saturated carbocycles. The molecule has 0 fully saturated rings. The zero-order valence-corrected chi connectivity index (χ0v) is 11.2. The van der Waals surface area contributed by atoms with Crippen LogP contribution in [0, 0.1) is 18.3 Å². The lowest BCUT2D eigenvalue weighted by atomic mass is 10.1. The van der Waals surface area contributed by atoms with Gasteiger partial charge in [0.15, 0.2) is 5.92 Å². The largest absolute Gasteiger partial charge is 0.468 e. The molecule has 5 nitrogen and oxygen atoms in total. The van der Waals surface area contributed by atoms with Crippen LogP contribution >= 0.6 is 0 Å². The van der Waals surface area contributed by atoms with Crippen LogP contribution in [0.25, 0.3) is 0 Å². The van der Waals surface area contributed by atoms with Crippen molar-refractivity contribution in [3.8, 4) is 12.3 Å². The van der Waals surface area contributed by atoms with Gasteiger partial charge in [-0.2, -0.15) is 0 Å². The highest BCUT2D eigenvalue weighted by atomic mass is 16.5. The fourth-order valence-corrected chi connectivity index (χ4v) is 1.38. The summed E-state index contributed by atoms with van der Waals surface area (Å²) in [5.74, 6) is -0.390. The number of ketones is 1. The van der Waals surface area contributed by atoms with Crippen LogP contribution in [0.15, 0.2) is 12.2 Å². The van der Waals surface area contributed by atoms with E-state index in [2.05, 4.69) is 9.47 Å². The monoisotopic (exact) mass is 266 g/mol. The normalized spacial score (nSPS) is 10.2. The SMILES string of the molecule is C#CC(=O)CCC/C=C\CC(C(=O)OC)C(=O)OC. The number of hydrogen-bond donors (Lipinski definition) is 0. The number of allylic oxidation sites excluding steroid dienone is 2. The molecular weight excluding hydrogens is 248 g/mol. The molecule has 0 aliphatic rings. The van der Waals surface area contributed by atoms with Crippen molar-refractivity contribution in [3.05, 3.63) is 12.2 Å². The molecular formula is C14H18O5.